The molecular weight excluding hydrogens is 774 g/mol. The van der Waals surface area contributed by atoms with Crippen LogP contribution in [0, 0.1) is 25.7 Å². The van der Waals surface area contributed by atoms with E-state index in [0.29, 0.717) is 17.7 Å². The quantitative estimate of drug-likeness (QED) is 0.103. The highest BCUT2D eigenvalue weighted by atomic mass is 79.9. The number of halogens is 1. The van der Waals surface area contributed by atoms with Crippen LogP contribution in [0.2, 0.25) is 0 Å². The van der Waals surface area contributed by atoms with Crippen LogP contribution in [-0.4, -0.2) is 93.5 Å². The number of alkyl halides is 1. The lowest BCUT2D eigenvalue weighted by Gasteiger charge is -2.39. The third kappa shape index (κ3) is 7.61. The Labute approximate surface area is 338 Å². The summed E-state index contributed by atoms with van der Waals surface area (Å²) in [4.78, 5) is 62.8. The molecule has 3 fully saturated rings. The summed E-state index contributed by atoms with van der Waals surface area (Å²) in [6.45, 7) is 13.1. The molecule has 3 aliphatic heterocycles. The summed E-state index contributed by atoms with van der Waals surface area (Å²) >= 11 is 3.79. The molecule has 56 heavy (non-hydrogen) atoms. The molecule has 3 aliphatic rings. The van der Waals surface area contributed by atoms with Gasteiger partial charge in [-0.15, -0.1) is 13.2 Å². The Kier molecular flexibility index (Phi) is 12.7. The Bertz CT molecular complexity index is 1940. The van der Waals surface area contributed by atoms with E-state index in [9.17, 15) is 14.7 Å². The fourth-order valence-electron chi connectivity index (χ4n) is 8.86. The minimum absolute atomic E-state index is 0.124. The maximum Gasteiger partial charge on any atom is 0.313 e. The first-order chi connectivity index (χ1) is 26.9. The first-order valence-corrected chi connectivity index (χ1v) is 20.2. The zero-order valence-corrected chi connectivity index (χ0v) is 34.1. The average molecular weight is 827 g/mol. The van der Waals surface area contributed by atoms with Gasteiger partial charge in [0, 0.05) is 30.5 Å². The summed E-state index contributed by atoms with van der Waals surface area (Å²) in [5.41, 5.74) is 2.65. The zero-order valence-electron chi connectivity index (χ0n) is 32.6. The van der Waals surface area contributed by atoms with Crippen molar-refractivity contribution < 1.29 is 33.8 Å². The van der Waals surface area contributed by atoms with E-state index in [1.54, 1.807) is 29.0 Å². The van der Waals surface area contributed by atoms with Crippen molar-refractivity contribution in [1.82, 2.24) is 9.80 Å². The fraction of sp³-hybridized carbons (Fsp3) is 0.422. The summed E-state index contributed by atoms with van der Waals surface area (Å²) in [5, 5.41) is 11.0. The highest BCUT2D eigenvalue weighted by molar-refractivity contribution is 9.09. The number of esters is 1. The lowest BCUT2D eigenvalue weighted by atomic mass is 9.70. The third-order valence-electron chi connectivity index (χ3n) is 11.8. The van der Waals surface area contributed by atoms with Crippen LogP contribution in [0.25, 0.3) is 0 Å². The number of benzene rings is 3. The maximum atomic E-state index is 15.4. The molecule has 3 aromatic carbocycles. The first-order valence-electron chi connectivity index (χ1n) is 19.3. The molecule has 0 aliphatic carbocycles. The molecule has 3 amide bonds. The number of likely N-dealkylation sites (tertiary alicyclic amines) is 1. The van der Waals surface area contributed by atoms with Crippen molar-refractivity contribution in [1.29, 1.82) is 0 Å². The van der Waals surface area contributed by atoms with Crippen molar-refractivity contribution in [2.24, 2.45) is 11.8 Å². The molecule has 0 saturated carbocycles. The molecule has 6 rings (SSSR count). The SMILES string of the molecule is C=CCCC(=O)N(C)[C@@H](C)[C@@H](OC(=O)[C@@H]1[C@H]2O[C@@]3(CC2Br)[C@H](C(=O)N(CC=C)c2cc(C)ccc2C)N([C@@H](CO)Cc2ccccc2)C(=O)[C@@H]13)c1ccccc1. The number of anilines is 1. The Morgan fingerprint density at radius 3 is 2.38 bits per heavy atom. The average Bonchev–Trinajstić information content (AvgIpc) is 3.81. The summed E-state index contributed by atoms with van der Waals surface area (Å²) in [6.07, 6.45) is 3.01. The standard InChI is InChI=1S/C45H52BrN3O7/c1-7-9-20-36(51)47(6)30(5)39(32-18-14-11-15-19-32)55-44(54)37-38-42(52)49(33(27-50)25-31-16-12-10-13-17-31)41(45(38)26-34(46)40(37)56-45)43(53)48(23-8-2)35-24-28(3)21-22-29(35)4/h7-8,10-19,21-22,24,30,33-34,37-41,50H,1-2,9,20,23,25-27H2,3-6H3/t30-,33+,34?,37-,38+,39+,40-,41-,45+/m0/s1. The number of rotatable bonds is 16. The number of aryl methyl sites for hydroxylation is 2. The van der Waals surface area contributed by atoms with Gasteiger partial charge in [0.05, 0.1) is 36.6 Å². The number of carbonyl (C=O) groups is 4. The van der Waals surface area contributed by atoms with Crippen LogP contribution in [0.4, 0.5) is 5.69 Å². The van der Waals surface area contributed by atoms with Gasteiger partial charge >= 0.3 is 5.97 Å². The molecule has 1 N–H and O–H groups in total. The molecule has 1 spiro atoms. The van der Waals surface area contributed by atoms with Crippen molar-refractivity contribution in [2.45, 2.75) is 87.2 Å². The van der Waals surface area contributed by atoms with E-state index in [4.69, 9.17) is 9.47 Å². The molecule has 1 unspecified atom stereocenters. The summed E-state index contributed by atoms with van der Waals surface area (Å²) in [5.74, 6) is -3.75. The van der Waals surface area contributed by atoms with Gasteiger partial charge in [0.15, 0.2) is 0 Å². The van der Waals surface area contributed by atoms with Gasteiger partial charge in [-0.3, -0.25) is 19.2 Å². The summed E-state index contributed by atoms with van der Waals surface area (Å²) < 4.78 is 13.3. The lowest BCUT2D eigenvalue weighted by Crippen LogP contribution is -2.59. The minimum atomic E-state index is -1.41. The molecule has 9 atom stereocenters. The lowest BCUT2D eigenvalue weighted by molar-refractivity contribution is -0.165. The number of hydrogen-bond acceptors (Lipinski definition) is 7. The number of carbonyl (C=O) groups excluding carboxylic acids is 4. The highest BCUT2D eigenvalue weighted by Gasteiger charge is 2.77. The van der Waals surface area contributed by atoms with Crippen LogP contribution >= 0.6 is 15.9 Å². The molecule has 3 aromatic rings. The topological polar surface area (TPSA) is 117 Å². The monoisotopic (exact) mass is 825 g/mol. The van der Waals surface area contributed by atoms with Gasteiger partial charge in [-0.25, -0.2) is 0 Å². The van der Waals surface area contributed by atoms with E-state index in [0.717, 1.165) is 16.7 Å². The largest absolute Gasteiger partial charge is 0.455 e. The van der Waals surface area contributed by atoms with Gasteiger partial charge in [-0.2, -0.15) is 0 Å². The number of nitrogens with zero attached hydrogens (tertiary/aromatic N) is 3. The van der Waals surface area contributed by atoms with Crippen LogP contribution in [-0.2, 0) is 35.1 Å². The van der Waals surface area contributed by atoms with Crippen LogP contribution in [0.1, 0.15) is 54.5 Å². The van der Waals surface area contributed by atoms with Gasteiger partial charge < -0.3 is 29.3 Å². The van der Waals surface area contributed by atoms with Crippen LogP contribution in [0.15, 0.2) is 104 Å². The van der Waals surface area contributed by atoms with E-state index in [1.165, 1.54) is 4.90 Å². The van der Waals surface area contributed by atoms with Gasteiger partial charge in [0.2, 0.25) is 11.8 Å². The van der Waals surface area contributed by atoms with Gasteiger partial charge in [-0.1, -0.05) is 101 Å². The van der Waals surface area contributed by atoms with Crippen LogP contribution in [0.3, 0.4) is 0 Å². The molecule has 0 aromatic heterocycles. The second kappa shape index (κ2) is 17.3. The van der Waals surface area contributed by atoms with Gasteiger partial charge in [0.1, 0.15) is 17.7 Å². The van der Waals surface area contributed by atoms with Crippen molar-refractivity contribution in [3.05, 3.63) is 126 Å². The molecule has 2 bridgehead atoms. The number of fused-ring (bicyclic) bond motifs is 1. The first kappa shape index (κ1) is 41.1. The number of amides is 3. The number of likely N-dealkylation sites (N-methyl/N-ethyl adjacent to an activating group) is 1. The number of allylic oxidation sites excluding steroid dienone is 1. The minimum Gasteiger partial charge on any atom is -0.455 e. The Morgan fingerprint density at radius 1 is 1.05 bits per heavy atom. The summed E-state index contributed by atoms with van der Waals surface area (Å²) in [7, 11) is 1.69. The summed E-state index contributed by atoms with van der Waals surface area (Å²) in [6, 6.07) is 22.0. The van der Waals surface area contributed by atoms with Crippen molar-refractivity contribution >= 4 is 45.3 Å². The molecule has 3 heterocycles. The maximum absolute atomic E-state index is 15.4. The molecule has 0 radical (unpaired) electrons. The van der Waals surface area contributed by atoms with Crippen molar-refractivity contribution in [3.8, 4) is 0 Å². The van der Waals surface area contributed by atoms with E-state index < -0.39 is 66.3 Å². The Balaban J connectivity index is 1.42. The van der Waals surface area contributed by atoms with E-state index in [-0.39, 0.29) is 42.4 Å². The zero-order chi connectivity index (χ0) is 40.3. The predicted molar refractivity (Wildman–Crippen MR) is 219 cm³/mol. The molecule has 3 saturated heterocycles. The predicted octanol–water partition coefficient (Wildman–Crippen LogP) is 6.27. The number of aliphatic hydroxyl groups is 1. The van der Waals surface area contributed by atoms with Crippen molar-refractivity contribution in [2.75, 3.05) is 25.1 Å². The van der Waals surface area contributed by atoms with Crippen LogP contribution in [0.5, 0.6) is 0 Å². The van der Waals surface area contributed by atoms with E-state index in [1.807, 2.05) is 99.6 Å². The smallest absolute Gasteiger partial charge is 0.313 e. The van der Waals surface area contributed by atoms with Gasteiger partial charge in [0.25, 0.3) is 5.91 Å². The third-order valence-corrected chi connectivity index (χ3v) is 12.6. The molecular formula is C45H52BrN3O7. The molecule has 296 valence electrons. The number of hydrogen-bond donors (Lipinski definition) is 1. The van der Waals surface area contributed by atoms with Crippen LogP contribution < -0.4 is 4.90 Å². The Morgan fingerprint density at radius 2 is 1.73 bits per heavy atom. The van der Waals surface area contributed by atoms with E-state index >= 15 is 9.59 Å². The van der Waals surface area contributed by atoms with Gasteiger partial charge in [-0.05, 0) is 68.4 Å². The Hall–Kier alpha value is -4.58. The van der Waals surface area contributed by atoms with E-state index in [2.05, 4.69) is 29.1 Å². The molecule has 11 heteroatoms. The second-order valence-electron chi connectivity index (χ2n) is 15.3. The second-order valence-corrected chi connectivity index (χ2v) is 16.5. The highest BCUT2D eigenvalue weighted by Crippen LogP contribution is 2.61. The molecule has 10 nitrogen and oxygen atoms in total. The fourth-order valence-corrected chi connectivity index (χ4v) is 9.81. The van der Waals surface area contributed by atoms with Crippen molar-refractivity contribution in [3.63, 3.8) is 0 Å². The number of ether oxygens (including phenoxy) is 2. The normalized spacial score (nSPS) is 25.2. The number of aliphatic hydroxyl groups excluding tert-OH is 1.